The molecule has 3 aromatic rings. The van der Waals surface area contributed by atoms with Crippen LogP contribution in [-0.2, 0) is 17.9 Å². The number of nitrogens with one attached hydrogen (secondary N) is 1. The summed E-state index contributed by atoms with van der Waals surface area (Å²) in [5.74, 6) is -1.36. The summed E-state index contributed by atoms with van der Waals surface area (Å²) in [4.78, 5) is 38.7. The van der Waals surface area contributed by atoms with Crippen molar-refractivity contribution in [1.29, 1.82) is 0 Å². The Kier molecular flexibility index (Phi) is 6.18. The van der Waals surface area contributed by atoms with Gasteiger partial charge in [-0.15, -0.1) is 0 Å². The number of rotatable bonds is 5. The van der Waals surface area contributed by atoms with Crippen LogP contribution in [0.15, 0.2) is 48.5 Å². The molecule has 0 spiro atoms. The van der Waals surface area contributed by atoms with E-state index in [0.717, 1.165) is 5.56 Å². The standard InChI is InChI=1S/C25H25ClN4O4/c1-25(2,3)24(34)27-19-12-17(26)7-8-18(19)20-13-21-22(31)29(9-10-30(21)28-20)14-15-5-4-6-16(11-15)23(32)33/h4-8,11-13H,9-10,14H2,1-3H3,(H,27,34)(H,32,33). The number of carboxylic acid groups (broad SMARTS) is 1. The first-order valence-corrected chi connectivity index (χ1v) is 11.2. The maximum Gasteiger partial charge on any atom is 0.335 e. The van der Waals surface area contributed by atoms with Crippen molar-refractivity contribution in [3.63, 3.8) is 0 Å². The fraction of sp³-hybridized carbons (Fsp3) is 0.280. The fourth-order valence-corrected chi connectivity index (χ4v) is 3.87. The third-order valence-electron chi connectivity index (χ3n) is 5.60. The number of halogens is 1. The van der Waals surface area contributed by atoms with Gasteiger partial charge < -0.3 is 15.3 Å². The third kappa shape index (κ3) is 4.82. The topological polar surface area (TPSA) is 105 Å². The number of nitrogens with zero attached hydrogens (tertiary/aromatic N) is 3. The number of aromatic carboxylic acids is 1. The van der Waals surface area contributed by atoms with Crippen molar-refractivity contribution in [2.45, 2.75) is 33.9 Å². The first kappa shape index (κ1) is 23.5. The van der Waals surface area contributed by atoms with E-state index in [2.05, 4.69) is 10.4 Å². The smallest absolute Gasteiger partial charge is 0.335 e. The second kappa shape index (κ2) is 8.95. The summed E-state index contributed by atoms with van der Waals surface area (Å²) >= 11 is 6.18. The molecule has 34 heavy (non-hydrogen) atoms. The van der Waals surface area contributed by atoms with Crippen LogP contribution in [0.25, 0.3) is 11.3 Å². The van der Waals surface area contributed by atoms with Gasteiger partial charge in [-0.25, -0.2) is 4.79 Å². The number of amides is 2. The van der Waals surface area contributed by atoms with Gasteiger partial charge in [0.2, 0.25) is 5.91 Å². The van der Waals surface area contributed by atoms with E-state index in [1.165, 1.54) is 6.07 Å². The summed E-state index contributed by atoms with van der Waals surface area (Å²) in [6, 6.07) is 13.4. The van der Waals surface area contributed by atoms with Gasteiger partial charge in [-0.1, -0.05) is 44.5 Å². The quantitative estimate of drug-likeness (QED) is 0.557. The van der Waals surface area contributed by atoms with E-state index in [-0.39, 0.29) is 17.4 Å². The van der Waals surface area contributed by atoms with Gasteiger partial charge in [0.15, 0.2) is 0 Å². The molecular formula is C25H25ClN4O4. The molecule has 0 saturated heterocycles. The number of aromatic nitrogens is 2. The van der Waals surface area contributed by atoms with E-state index in [1.807, 2.05) is 20.8 Å². The van der Waals surface area contributed by atoms with Crippen LogP contribution in [0.4, 0.5) is 5.69 Å². The Morgan fingerprint density at radius 1 is 1.12 bits per heavy atom. The minimum absolute atomic E-state index is 0.161. The molecule has 4 rings (SSSR count). The Hall–Kier alpha value is -3.65. The number of hydrogen-bond donors (Lipinski definition) is 2. The first-order chi connectivity index (χ1) is 16.0. The van der Waals surface area contributed by atoms with Crippen molar-refractivity contribution in [3.05, 3.63) is 70.4 Å². The van der Waals surface area contributed by atoms with Crippen LogP contribution in [0.5, 0.6) is 0 Å². The summed E-state index contributed by atoms with van der Waals surface area (Å²) < 4.78 is 1.66. The minimum Gasteiger partial charge on any atom is -0.478 e. The summed E-state index contributed by atoms with van der Waals surface area (Å²) in [5.41, 5.74) is 2.50. The monoisotopic (exact) mass is 480 g/mol. The molecule has 176 valence electrons. The second-order valence-electron chi connectivity index (χ2n) is 9.26. The minimum atomic E-state index is -1.01. The van der Waals surface area contributed by atoms with Gasteiger partial charge in [0.1, 0.15) is 5.69 Å². The van der Waals surface area contributed by atoms with Gasteiger partial charge in [0.25, 0.3) is 5.91 Å². The Bertz CT molecular complexity index is 1290. The highest BCUT2D eigenvalue weighted by Gasteiger charge is 2.28. The van der Waals surface area contributed by atoms with Gasteiger partial charge in [0.05, 0.1) is 23.5 Å². The molecule has 2 heterocycles. The average molecular weight is 481 g/mol. The molecule has 0 saturated carbocycles. The van der Waals surface area contributed by atoms with Crippen molar-refractivity contribution >= 4 is 35.1 Å². The predicted molar refractivity (Wildman–Crippen MR) is 129 cm³/mol. The molecule has 9 heteroatoms. The molecule has 0 aliphatic carbocycles. The molecule has 0 radical (unpaired) electrons. The lowest BCUT2D eigenvalue weighted by atomic mass is 9.95. The first-order valence-electron chi connectivity index (χ1n) is 10.8. The van der Waals surface area contributed by atoms with E-state index in [0.29, 0.717) is 47.3 Å². The summed E-state index contributed by atoms with van der Waals surface area (Å²) in [5, 5.41) is 17.2. The Morgan fingerprint density at radius 2 is 1.88 bits per heavy atom. The molecule has 2 amide bonds. The van der Waals surface area contributed by atoms with Gasteiger partial charge in [-0.2, -0.15) is 5.10 Å². The number of carbonyl (C=O) groups excluding carboxylic acids is 2. The largest absolute Gasteiger partial charge is 0.478 e. The van der Waals surface area contributed by atoms with E-state index >= 15 is 0 Å². The average Bonchev–Trinajstić information content (AvgIpc) is 3.20. The lowest BCUT2D eigenvalue weighted by molar-refractivity contribution is -0.123. The molecule has 2 aromatic carbocycles. The number of fused-ring (bicyclic) bond motifs is 1. The van der Waals surface area contributed by atoms with Crippen LogP contribution in [0.1, 0.15) is 47.2 Å². The molecule has 8 nitrogen and oxygen atoms in total. The number of carboxylic acids is 1. The van der Waals surface area contributed by atoms with Gasteiger partial charge >= 0.3 is 5.97 Å². The molecular weight excluding hydrogens is 456 g/mol. The van der Waals surface area contributed by atoms with Crippen molar-refractivity contribution in [3.8, 4) is 11.3 Å². The summed E-state index contributed by atoms with van der Waals surface area (Å²) in [6.07, 6.45) is 0. The van der Waals surface area contributed by atoms with E-state index in [4.69, 9.17) is 11.6 Å². The third-order valence-corrected chi connectivity index (χ3v) is 5.84. The zero-order chi connectivity index (χ0) is 24.6. The molecule has 0 unspecified atom stereocenters. The highest BCUT2D eigenvalue weighted by Crippen LogP contribution is 2.32. The van der Waals surface area contributed by atoms with Crippen LogP contribution in [-0.4, -0.2) is 44.1 Å². The lowest BCUT2D eigenvalue weighted by Gasteiger charge is -2.27. The maximum atomic E-state index is 13.2. The zero-order valence-electron chi connectivity index (χ0n) is 19.1. The summed E-state index contributed by atoms with van der Waals surface area (Å²) in [6.45, 7) is 6.70. The molecule has 0 fully saturated rings. The van der Waals surface area contributed by atoms with Gasteiger partial charge in [-0.3, -0.25) is 14.3 Å². The molecule has 0 bridgehead atoms. The van der Waals surface area contributed by atoms with Crippen LogP contribution in [0, 0.1) is 5.41 Å². The number of hydrogen-bond acceptors (Lipinski definition) is 4. The Labute approximate surface area is 202 Å². The zero-order valence-corrected chi connectivity index (χ0v) is 19.9. The summed E-state index contributed by atoms with van der Waals surface area (Å²) in [7, 11) is 0. The van der Waals surface area contributed by atoms with Crippen LogP contribution >= 0.6 is 11.6 Å². The van der Waals surface area contributed by atoms with E-state index in [9.17, 15) is 19.5 Å². The van der Waals surface area contributed by atoms with Crippen molar-refractivity contribution in [2.24, 2.45) is 5.41 Å². The number of benzene rings is 2. The lowest BCUT2D eigenvalue weighted by Crippen LogP contribution is -2.39. The highest BCUT2D eigenvalue weighted by molar-refractivity contribution is 6.31. The molecule has 1 aliphatic rings. The van der Waals surface area contributed by atoms with Crippen LogP contribution in [0.3, 0.4) is 0 Å². The highest BCUT2D eigenvalue weighted by atomic mass is 35.5. The number of anilines is 1. The second-order valence-corrected chi connectivity index (χ2v) is 9.70. The molecule has 1 aromatic heterocycles. The van der Waals surface area contributed by atoms with Gasteiger partial charge in [0, 0.05) is 29.1 Å². The van der Waals surface area contributed by atoms with Crippen molar-refractivity contribution in [1.82, 2.24) is 14.7 Å². The number of carbonyl (C=O) groups is 3. The van der Waals surface area contributed by atoms with Gasteiger partial charge in [-0.05, 0) is 42.0 Å². The molecule has 2 N–H and O–H groups in total. The van der Waals surface area contributed by atoms with Crippen molar-refractivity contribution < 1.29 is 19.5 Å². The molecule has 0 atom stereocenters. The molecule has 1 aliphatic heterocycles. The maximum absolute atomic E-state index is 13.2. The van der Waals surface area contributed by atoms with Crippen molar-refractivity contribution in [2.75, 3.05) is 11.9 Å². The fourth-order valence-electron chi connectivity index (χ4n) is 3.70. The Balaban J connectivity index is 1.61. The Morgan fingerprint density at radius 3 is 2.59 bits per heavy atom. The SMILES string of the molecule is CC(C)(C)C(=O)Nc1cc(Cl)ccc1-c1cc2n(n1)CCN(Cc1cccc(C(=O)O)c1)C2=O. The van der Waals surface area contributed by atoms with Crippen LogP contribution in [0.2, 0.25) is 5.02 Å². The predicted octanol–water partition coefficient (Wildman–Crippen LogP) is 4.54. The van der Waals surface area contributed by atoms with Crippen LogP contribution < -0.4 is 5.32 Å². The normalized spacial score (nSPS) is 13.5. The van der Waals surface area contributed by atoms with E-state index in [1.54, 1.807) is 52.0 Å². The van der Waals surface area contributed by atoms with E-state index < -0.39 is 11.4 Å².